The maximum absolute atomic E-state index is 14.7. The van der Waals surface area contributed by atoms with Gasteiger partial charge in [0.2, 0.25) is 5.90 Å². The summed E-state index contributed by atoms with van der Waals surface area (Å²) in [7, 11) is 1.62. The molecular weight excluding hydrogens is 650 g/mol. The van der Waals surface area contributed by atoms with Gasteiger partial charge in [-0.15, -0.1) is 0 Å². The molecule has 1 amide bonds. The van der Waals surface area contributed by atoms with Crippen LogP contribution >= 0.6 is 0 Å². The molecule has 14 nitrogen and oxygen atoms in total. The highest BCUT2D eigenvalue weighted by molar-refractivity contribution is 6.01. The molecule has 0 radical (unpaired) electrons. The number of aliphatic hydroxyl groups is 1. The highest BCUT2D eigenvalue weighted by atomic mass is 16.5. The topological polar surface area (TPSA) is 199 Å². The molecule has 4 aromatic carbocycles. The van der Waals surface area contributed by atoms with E-state index in [4.69, 9.17) is 35.4 Å². The zero-order chi connectivity index (χ0) is 35.9. The van der Waals surface area contributed by atoms with Crippen LogP contribution in [0.15, 0.2) is 112 Å². The van der Waals surface area contributed by atoms with E-state index < -0.39 is 17.6 Å². The number of methoxy groups -OCH3 is 1. The maximum atomic E-state index is 14.7. The van der Waals surface area contributed by atoms with Gasteiger partial charge < -0.3 is 19.3 Å². The number of nitrogens with one attached hydrogen (secondary N) is 2. The zero-order valence-corrected chi connectivity index (χ0v) is 28.2. The molecule has 0 aliphatic carbocycles. The summed E-state index contributed by atoms with van der Waals surface area (Å²) in [4.78, 5) is 25.7. The van der Waals surface area contributed by atoms with Crippen molar-refractivity contribution in [1.29, 1.82) is 0 Å². The van der Waals surface area contributed by atoms with Gasteiger partial charge in [-0.1, -0.05) is 77.0 Å². The average Bonchev–Trinajstić information content (AvgIpc) is 3.56. The van der Waals surface area contributed by atoms with Crippen LogP contribution in [0.1, 0.15) is 45.9 Å². The third-order valence-electron chi connectivity index (χ3n) is 8.47. The minimum atomic E-state index is -1.58. The van der Waals surface area contributed by atoms with E-state index in [1.807, 2.05) is 72.8 Å². The third kappa shape index (κ3) is 8.96. The molecule has 0 fully saturated rings. The van der Waals surface area contributed by atoms with Crippen molar-refractivity contribution in [3.63, 3.8) is 0 Å². The lowest BCUT2D eigenvalue weighted by atomic mass is 9.80. The lowest BCUT2D eigenvalue weighted by molar-refractivity contribution is -0.130. The molecule has 0 aromatic heterocycles. The molecule has 0 saturated carbocycles. The first-order valence-electron chi connectivity index (χ1n) is 16.4. The smallest absolute Gasteiger partial charge is 0.266 e. The second kappa shape index (κ2) is 18.1. The Bertz CT molecular complexity index is 1920. The number of aliphatic hydroxyl groups excluding tert-OH is 1. The number of ether oxygens (including phenoxy) is 3. The van der Waals surface area contributed by atoms with Crippen molar-refractivity contribution in [2.75, 3.05) is 26.9 Å². The van der Waals surface area contributed by atoms with Gasteiger partial charge in [-0.25, -0.2) is 10.4 Å². The van der Waals surface area contributed by atoms with E-state index in [1.54, 1.807) is 31.4 Å². The third-order valence-corrected chi connectivity index (χ3v) is 8.47. The van der Waals surface area contributed by atoms with Crippen LogP contribution in [0.2, 0.25) is 0 Å². The number of amides is 1. The summed E-state index contributed by atoms with van der Waals surface area (Å²) in [5.74, 6) is 1.14. The quantitative estimate of drug-likeness (QED) is 0.0353. The number of azide groups is 2. The molecule has 1 heterocycles. The lowest BCUT2D eigenvalue weighted by Gasteiger charge is -2.32. The Labute approximate surface area is 295 Å². The van der Waals surface area contributed by atoms with Gasteiger partial charge in [0, 0.05) is 41.4 Å². The van der Waals surface area contributed by atoms with Crippen LogP contribution in [-0.2, 0) is 35.5 Å². The van der Waals surface area contributed by atoms with Crippen LogP contribution in [0, 0.1) is 0 Å². The number of rotatable bonds is 18. The fraction of sp³-hybridized carbons (Fsp3) is 0.297. The fourth-order valence-electron chi connectivity index (χ4n) is 5.94. The van der Waals surface area contributed by atoms with Crippen molar-refractivity contribution >= 4 is 11.8 Å². The van der Waals surface area contributed by atoms with E-state index in [0.717, 1.165) is 22.4 Å². The molecule has 2 atom stereocenters. The second-order valence-electron chi connectivity index (χ2n) is 11.7. The van der Waals surface area contributed by atoms with Crippen molar-refractivity contribution < 1.29 is 24.1 Å². The minimum Gasteiger partial charge on any atom is -0.496 e. The number of nitrogens with zero attached hydrogens (tertiary/aromatic N) is 7. The Balaban J connectivity index is 1.57. The molecule has 1 aliphatic heterocycles. The lowest BCUT2D eigenvalue weighted by Crippen LogP contribution is -2.54. The largest absolute Gasteiger partial charge is 0.496 e. The highest BCUT2D eigenvalue weighted by Gasteiger charge is 2.54. The average molecular weight is 690 g/mol. The summed E-state index contributed by atoms with van der Waals surface area (Å²) in [6.45, 7) is 0.887. The predicted octanol–water partition coefficient (Wildman–Crippen LogP) is 6.44. The molecule has 262 valence electrons. The van der Waals surface area contributed by atoms with Crippen molar-refractivity contribution in [3.05, 3.63) is 151 Å². The van der Waals surface area contributed by atoms with Crippen molar-refractivity contribution in [1.82, 2.24) is 10.9 Å². The first kappa shape index (κ1) is 36.2. The van der Waals surface area contributed by atoms with Crippen molar-refractivity contribution in [3.8, 4) is 11.5 Å². The summed E-state index contributed by atoms with van der Waals surface area (Å²) in [5.41, 5.74) is 27.0. The van der Waals surface area contributed by atoms with E-state index in [9.17, 15) is 4.79 Å². The molecule has 0 spiro atoms. The molecule has 4 aromatic rings. The number of hydrogen-bond donors (Lipinski definition) is 3. The Morgan fingerprint density at radius 3 is 2.25 bits per heavy atom. The molecule has 0 bridgehead atoms. The number of para-hydroxylation sites is 1. The van der Waals surface area contributed by atoms with Gasteiger partial charge in [0.1, 0.15) is 11.5 Å². The van der Waals surface area contributed by atoms with Crippen LogP contribution < -0.4 is 20.3 Å². The summed E-state index contributed by atoms with van der Waals surface area (Å²) >= 11 is 0. The Morgan fingerprint density at radius 2 is 1.55 bits per heavy atom. The first-order chi connectivity index (χ1) is 25.0. The number of hydrazine groups is 1. The van der Waals surface area contributed by atoms with Crippen LogP contribution in [-0.4, -0.2) is 49.3 Å². The molecule has 1 aliphatic rings. The first-order valence-corrected chi connectivity index (χ1v) is 16.4. The monoisotopic (exact) mass is 689 g/mol. The van der Waals surface area contributed by atoms with Crippen molar-refractivity contribution in [2.24, 2.45) is 15.2 Å². The van der Waals surface area contributed by atoms with E-state index in [0.29, 0.717) is 48.4 Å². The summed E-state index contributed by atoms with van der Waals surface area (Å²) < 4.78 is 17.9. The second-order valence-corrected chi connectivity index (χ2v) is 11.7. The standard InChI is InChI=1S/C37H39N9O5/c1-49-33-14-7-5-9-26(33)19-20-40-44-36(48)37(23-28-10-2-3-11-29(28)24-41-45-38)34(32-13-6-4-12-30(32)25-42-46-39)51-35(43-37)27-15-17-31(18-16-27)50-22-8-21-47/h2-7,9-18,34,40,47H,8,19-25H2,1H3,(H,44,48)/t34-,37-/m0/s1. The number of hydrogen-bond acceptors (Lipinski definition) is 9. The van der Waals surface area contributed by atoms with Gasteiger partial charge >= 0.3 is 0 Å². The van der Waals surface area contributed by atoms with Crippen LogP contribution in [0.3, 0.4) is 0 Å². The molecule has 0 unspecified atom stereocenters. The molecule has 5 rings (SSSR count). The van der Waals surface area contributed by atoms with Crippen LogP contribution in [0.4, 0.5) is 0 Å². The van der Waals surface area contributed by atoms with Gasteiger partial charge in [-0.2, -0.15) is 0 Å². The van der Waals surface area contributed by atoms with Gasteiger partial charge in [0.15, 0.2) is 11.6 Å². The highest BCUT2D eigenvalue weighted by Crippen LogP contribution is 2.44. The van der Waals surface area contributed by atoms with Gasteiger partial charge in [-0.3, -0.25) is 10.2 Å². The Kier molecular flexibility index (Phi) is 12.9. The maximum Gasteiger partial charge on any atom is 0.266 e. The minimum absolute atomic E-state index is 0.0245. The molecule has 51 heavy (non-hydrogen) atoms. The summed E-state index contributed by atoms with van der Waals surface area (Å²) in [5, 5.41) is 16.7. The van der Waals surface area contributed by atoms with E-state index >= 15 is 0 Å². The SMILES string of the molecule is COc1ccccc1CCNNC(=O)[C@@]1(Cc2ccccc2CN=[N+]=[N-])N=C(c2ccc(OCCCO)cc2)O[C@H]1c1ccccc1CN=[N+]=[N-]. The fourth-order valence-corrected chi connectivity index (χ4v) is 5.94. The predicted molar refractivity (Wildman–Crippen MR) is 192 cm³/mol. The van der Waals surface area contributed by atoms with Gasteiger partial charge in [-0.05, 0) is 75.6 Å². The molecule has 0 saturated heterocycles. The molecular formula is C37H39N9O5. The van der Waals surface area contributed by atoms with Crippen LogP contribution in [0.25, 0.3) is 20.9 Å². The molecule has 14 heteroatoms. The van der Waals surface area contributed by atoms with Gasteiger partial charge in [0.25, 0.3) is 5.91 Å². The van der Waals surface area contributed by atoms with E-state index in [1.165, 1.54) is 0 Å². The van der Waals surface area contributed by atoms with Crippen molar-refractivity contribution in [2.45, 2.75) is 44.0 Å². The zero-order valence-electron chi connectivity index (χ0n) is 28.2. The number of aliphatic imine (C=N–C) groups is 1. The Morgan fingerprint density at radius 1 is 0.902 bits per heavy atom. The van der Waals surface area contributed by atoms with E-state index in [2.05, 4.69) is 30.9 Å². The molecule has 3 N–H and O–H groups in total. The number of carbonyl (C=O) groups excluding carboxylic acids is 1. The number of carbonyl (C=O) groups is 1. The van der Waals surface area contributed by atoms with Crippen LogP contribution in [0.5, 0.6) is 11.5 Å². The van der Waals surface area contributed by atoms with E-state index in [-0.39, 0.29) is 32.0 Å². The summed E-state index contributed by atoms with van der Waals surface area (Å²) in [6.07, 6.45) is 0.195. The summed E-state index contributed by atoms with van der Waals surface area (Å²) in [6, 6.07) is 29.6. The normalized spacial score (nSPS) is 16.2. The Hall–Kier alpha value is -6.04. The van der Waals surface area contributed by atoms with Gasteiger partial charge in [0.05, 0.1) is 26.8 Å². The number of benzene rings is 4.